The van der Waals surface area contributed by atoms with Gasteiger partial charge in [-0.15, -0.1) is 0 Å². The van der Waals surface area contributed by atoms with Gasteiger partial charge in [-0.2, -0.15) is 4.98 Å². The fourth-order valence-corrected chi connectivity index (χ4v) is 4.40. The van der Waals surface area contributed by atoms with E-state index in [9.17, 15) is 13.2 Å². The van der Waals surface area contributed by atoms with Crippen molar-refractivity contribution in [3.8, 4) is 5.75 Å². The Balaban J connectivity index is 1.97. The lowest BCUT2D eigenvalue weighted by Crippen LogP contribution is -2.46. The second-order valence-electron chi connectivity index (χ2n) is 6.54. The van der Waals surface area contributed by atoms with E-state index in [0.717, 1.165) is 6.26 Å². The van der Waals surface area contributed by atoms with Gasteiger partial charge in [-0.05, 0) is 38.1 Å². The number of ether oxygens (including phenoxy) is 1. The van der Waals surface area contributed by atoms with Gasteiger partial charge in [-0.3, -0.25) is 4.79 Å². The molecule has 2 aromatic rings. The predicted octanol–water partition coefficient (Wildman–Crippen LogP) is 0.816. The normalized spacial score (nSPS) is 15.2. The van der Waals surface area contributed by atoms with Gasteiger partial charge in [0, 0.05) is 6.20 Å². The van der Waals surface area contributed by atoms with E-state index in [0.29, 0.717) is 37.2 Å². The summed E-state index contributed by atoms with van der Waals surface area (Å²) >= 11 is 0. The minimum absolute atomic E-state index is 0.0246. The number of methoxy groups -OCH3 is 1. The Hall–Kier alpha value is -2.72. The van der Waals surface area contributed by atoms with Crippen molar-refractivity contribution in [3.05, 3.63) is 41.6 Å². The molecule has 28 heavy (non-hydrogen) atoms. The van der Waals surface area contributed by atoms with Crippen LogP contribution < -0.4 is 20.1 Å². The van der Waals surface area contributed by atoms with Crippen molar-refractivity contribution in [2.75, 3.05) is 36.5 Å². The SMILES string of the molecule is COc1ccccc1C(=O)c1cnc(N(C2CCNCC2)S(C)(=O)=O)nc1N. The number of nitrogens with zero attached hydrogens (tertiary/aromatic N) is 3. The smallest absolute Gasteiger partial charge is 0.241 e. The first-order valence-corrected chi connectivity index (χ1v) is 10.7. The molecule has 0 atom stereocenters. The summed E-state index contributed by atoms with van der Waals surface area (Å²) in [5, 5.41) is 3.19. The molecule has 0 unspecified atom stereocenters. The lowest BCUT2D eigenvalue weighted by atomic mass is 10.0. The number of para-hydroxylation sites is 1. The van der Waals surface area contributed by atoms with Crippen LogP contribution >= 0.6 is 0 Å². The van der Waals surface area contributed by atoms with Crippen LogP contribution in [0.3, 0.4) is 0 Å². The van der Waals surface area contributed by atoms with Gasteiger partial charge in [0.1, 0.15) is 11.6 Å². The fourth-order valence-electron chi connectivity index (χ4n) is 3.27. The first-order valence-electron chi connectivity index (χ1n) is 8.83. The van der Waals surface area contributed by atoms with Gasteiger partial charge in [0.05, 0.1) is 30.5 Å². The summed E-state index contributed by atoms with van der Waals surface area (Å²) < 4.78 is 31.1. The molecule has 1 aliphatic rings. The number of aromatic nitrogens is 2. The van der Waals surface area contributed by atoms with E-state index >= 15 is 0 Å². The maximum atomic E-state index is 12.8. The maximum absolute atomic E-state index is 12.8. The molecule has 0 bridgehead atoms. The fraction of sp³-hybridized carbons (Fsp3) is 0.389. The highest BCUT2D eigenvalue weighted by atomic mass is 32.2. The van der Waals surface area contributed by atoms with Gasteiger partial charge in [-0.25, -0.2) is 17.7 Å². The van der Waals surface area contributed by atoms with Crippen LogP contribution in [0.4, 0.5) is 11.8 Å². The van der Waals surface area contributed by atoms with E-state index in [4.69, 9.17) is 10.5 Å². The van der Waals surface area contributed by atoms with Gasteiger partial charge in [-0.1, -0.05) is 12.1 Å². The van der Waals surface area contributed by atoms with Crippen molar-refractivity contribution in [1.82, 2.24) is 15.3 Å². The molecule has 2 heterocycles. The molecule has 1 aromatic carbocycles. The zero-order chi connectivity index (χ0) is 20.3. The first kappa shape index (κ1) is 20.0. The number of nitrogen functional groups attached to an aromatic ring is 1. The monoisotopic (exact) mass is 405 g/mol. The van der Waals surface area contributed by atoms with Gasteiger partial charge in [0.25, 0.3) is 0 Å². The third-order valence-corrected chi connectivity index (χ3v) is 5.77. The minimum Gasteiger partial charge on any atom is -0.496 e. The zero-order valence-corrected chi connectivity index (χ0v) is 16.6. The van der Waals surface area contributed by atoms with E-state index in [1.165, 1.54) is 17.6 Å². The van der Waals surface area contributed by atoms with Crippen LogP contribution in [0.25, 0.3) is 0 Å². The quantitative estimate of drug-likeness (QED) is 0.676. The molecule has 150 valence electrons. The molecule has 10 heteroatoms. The molecule has 0 spiro atoms. The number of ketones is 1. The van der Waals surface area contributed by atoms with Crippen LogP contribution in [0.2, 0.25) is 0 Å². The zero-order valence-electron chi connectivity index (χ0n) is 15.8. The van der Waals surface area contributed by atoms with E-state index in [1.54, 1.807) is 24.3 Å². The molecule has 0 aliphatic carbocycles. The van der Waals surface area contributed by atoms with E-state index < -0.39 is 15.8 Å². The van der Waals surface area contributed by atoms with Crippen LogP contribution in [0.15, 0.2) is 30.5 Å². The Bertz CT molecular complexity index is 974. The number of nitrogens with one attached hydrogen (secondary N) is 1. The summed E-state index contributed by atoms with van der Waals surface area (Å²) in [7, 11) is -2.14. The van der Waals surface area contributed by atoms with Gasteiger partial charge < -0.3 is 15.8 Å². The molecule has 9 nitrogen and oxygen atoms in total. The minimum atomic E-state index is -3.61. The number of carbonyl (C=O) groups is 1. The molecular weight excluding hydrogens is 382 g/mol. The van der Waals surface area contributed by atoms with Crippen LogP contribution in [-0.4, -0.2) is 56.7 Å². The number of rotatable bonds is 6. The van der Waals surface area contributed by atoms with Crippen LogP contribution in [-0.2, 0) is 10.0 Å². The molecule has 1 fully saturated rings. The summed E-state index contributed by atoms with van der Waals surface area (Å²) in [6.45, 7) is 1.41. The average molecular weight is 405 g/mol. The molecular formula is C18H23N5O4S. The van der Waals surface area contributed by atoms with E-state index in [2.05, 4.69) is 15.3 Å². The molecule has 1 saturated heterocycles. The highest BCUT2D eigenvalue weighted by molar-refractivity contribution is 7.92. The van der Waals surface area contributed by atoms with Gasteiger partial charge in [0.15, 0.2) is 0 Å². The Kier molecular flexibility index (Phi) is 5.80. The van der Waals surface area contributed by atoms with Crippen molar-refractivity contribution >= 4 is 27.6 Å². The molecule has 0 radical (unpaired) electrons. The average Bonchev–Trinajstić information content (AvgIpc) is 2.67. The summed E-state index contributed by atoms with van der Waals surface area (Å²) in [4.78, 5) is 21.2. The standard InChI is InChI=1S/C18H23N5O4S/c1-27-15-6-4-3-5-13(15)16(24)14-11-21-18(22-17(14)19)23(28(2,25)26)12-7-9-20-10-8-12/h3-6,11-12,20H,7-10H2,1-2H3,(H2,19,21,22). The number of anilines is 2. The van der Waals surface area contributed by atoms with Crippen molar-refractivity contribution in [2.24, 2.45) is 0 Å². The summed E-state index contributed by atoms with van der Waals surface area (Å²) in [6, 6.07) is 6.49. The number of benzene rings is 1. The Morgan fingerprint density at radius 3 is 2.54 bits per heavy atom. The molecule has 1 aliphatic heterocycles. The second-order valence-corrected chi connectivity index (χ2v) is 8.40. The van der Waals surface area contributed by atoms with E-state index in [-0.39, 0.29) is 23.4 Å². The first-order chi connectivity index (χ1) is 13.3. The number of carbonyl (C=O) groups excluding carboxylic acids is 1. The van der Waals surface area contributed by atoms with Gasteiger partial charge in [0.2, 0.25) is 21.8 Å². The Morgan fingerprint density at radius 1 is 1.25 bits per heavy atom. The van der Waals surface area contributed by atoms with Crippen molar-refractivity contribution in [1.29, 1.82) is 0 Å². The second kappa shape index (κ2) is 8.11. The topological polar surface area (TPSA) is 128 Å². The van der Waals surface area contributed by atoms with Crippen LogP contribution in [0.1, 0.15) is 28.8 Å². The van der Waals surface area contributed by atoms with Crippen LogP contribution in [0.5, 0.6) is 5.75 Å². The Morgan fingerprint density at radius 2 is 1.93 bits per heavy atom. The summed E-state index contributed by atoms with van der Waals surface area (Å²) in [5.41, 5.74) is 6.43. The number of sulfonamides is 1. The van der Waals surface area contributed by atoms with Gasteiger partial charge >= 0.3 is 0 Å². The largest absolute Gasteiger partial charge is 0.496 e. The summed E-state index contributed by atoms with van der Waals surface area (Å²) in [6.07, 6.45) is 3.66. The lowest BCUT2D eigenvalue weighted by Gasteiger charge is -2.32. The number of piperidine rings is 1. The number of hydrogen-bond acceptors (Lipinski definition) is 8. The summed E-state index contributed by atoms with van der Waals surface area (Å²) in [5.74, 6) is -0.0929. The van der Waals surface area contributed by atoms with Crippen molar-refractivity contribution in [3.63, 3.8) is 0 Å². The lowest BCUT2D eigenvalue weighted by molar-refractivity contribution is 0.103. The maximum Gasteiger partial charge on any atom is 0.241 e. The molecule has 0 saturated carbocycles. The Labute approximate surface area is 164 Å². The molecule has 0 amide bonds. The highest BCUT2D eigenvalue weighted by Crippen LogP contribution is 2.26. The number of hydrogen-bond donors (Lipinski definition) is 2. The van der Waals surface area contributed by atoms with Crippen molar-refractivity contribution in [2.45, 2.75) is 18.9 Å². The predicted molar refractivity (Wildman–Crippen MR) is 106 cm³/mol. The van der Waals surface area contributed by atoms with Crippen molar-refractivity contribution < 1.29 is 17.9 Å². The molecule has 3 rings (SSSR count). The molecule has 1 aromatic heterocycles. The third-order valence-electron chi connectivity index (χ3n) is 4.60. The molecule has 3 N–H and O–H groups in total. The number of nitrogens with two attached hydrogens (primary N) is 1. The highest BCUT2D eigenvalue weighted by Gasteiger charge is 2.31. The van der Waals surface area contributed by atoms with Crippen LogP contribution in [0, 0.1) is 0 Å². The van der Waals surface area contributed by atoms with E-state index in [1.807, 2.05) is 0 Å². The third kappa shape index (κ3) is 4.07.